The van der Waals surface area contributed by atoms with Gasteiger partial charge >= 0.3 is 0 Å². The van der Waals surface area contributed by atoms with Gasteiger partial charge < -0.3 is 0 Å². The van der Waals surface area contributed by atoms with Gasteiger partial charge in [0.05, 0.1) is 0 Å². The van der Waals surface area contributed by atoms with Crippen LogP contribution in [-0.4, -0.2) is 19.1 Å². The Balaban J connectivity index is 2.53. The number of nitrogens with zero attached hydrogens (tertiary/aromatic N) is 2. The molecule has 68 valence electrons. The Morgan fingerprint density at radius 3 is 3.08 bits per heavy atom. The maximum Gasteiger partial charge on any atom is 0.117 e. The third-order valence-electron chi connectivity index (χ3n) is 2.56. The van der Waals surface area contributed by atoms with Gasteiger partial charge in [0.2, 0.25) is 0 Å². The smallest absolute Gasteiger partial charge is 0.117 e. The monoisotopic (exact) mass is 167 g/mol. The largest absolute Gasteiger partial charge is 0.271 e. The molecule has 0 saturated heterocycles. The molecule has 0 aromatic carbocycles. The Morgan fingerprint density at radius 2 is 2.50 bits per heavy atom. The lowest BCUT2D eigenvalue weighted by Crippen LogP contribution is -2.30. The van der Waals surface area contributed by atoms with Crippen LogP contribution in [0.15, 0.2) is 10.1 Å². The molecule has 0 fully saturated rings. The first-order chi connectivity index (χ1) is 5.77. The fraction of sp³-hybridized carbons (Fsp3) is 0.778. The molecule has 0 bridgehead atoms. The van der Waals surface area contributed by atoms with Crippen LogP contribution in [0.3, 0.4) is 0 Å². The van der Waals surface area contributed by atoms with Crippen molar-refractivity contribution in [3.63, 3.8) is 0 Å². The highest BCUT2D eigenvalue weighted by atomic mass is 15.3. The summed E-state index contributed by atoms with van der Waals surface area (Å²) in [4.78, 5) is 4.37. The van der Waals surface area contributed by atoms with E-state index in [1.165, 1.54) is 6.42 Å². The molecule has 1 heterocycles. The number of amidine groups is 1. The molecule has 0 radical (unpaired) electrons. The number of nitrogens with one attached hydrogen (secondary N) is 1. The zero-order valence-corrected chi connectivity index (χ0v) is 7.88. The molecule has 1 N–H and O–H groups in total. The van der Waals surface area contributed by atoms with Gasteiger partial charge in [-0.3, -0.25) is 10.4 Å². The number of hydrogen-bond donors (Lipinski definition) is 1. The summed E-state index contributed by atoms with van der Waals surface area (Å²) in [5.41, 5.74) is 2.83. The minimum Gasteiger partial charge on any atom is -0.271 e. The Kier molecular flexibility index (Phi) is 3.26. The van der Waals surface area contributed by atoms with Gasteiger partial charge in [0.15, 0.2) is 0 Å². The van der Waals surface area contributed by atoms with E-state index in [0.29, 0.717) is 5.92 Å². The molecular formula is C9H17N3. The molecule has 0 amide bonds. The van der Waals surface area contributed by atoms with Crippen LogP contribution in [0, 0.1) is 11.8 Å². The lowest BCUT2D eigenvalue weighted by Gasteiger charge is -2.26. The standard InChI is InChI=1S/C9H17N3/c1-4-8-5-9(12-10-3)11-6-7(8)2/h7-8H,3-6H2,1-2H3,(H,11,12)/t7-,8?/m1/s1. The molecule has 0 aromatic heterocycles. The minimum absolute atomic E-state index is 0.713. The molecule has 0 spiro atoms. The van der Waals surface area contributed by atoms with Gasteiger partial charge in [0.25, 0.3) is 0 Å². The van der Waals surface area contributed by atoms with E-state index in [9.17, 15) is 0 Å². The number of aliphatic imine (C=N–C) groups is 1. The summed E-state index contributed by atoms with van der Waals surface area (Å²) in [6, 6.07) is 0. The van der Waals surface area contributed by atoms with Crippen LogP contribution in [0.5, 0.6) is 0 Å². The summed E-state index contributed by atoms with van der Waals surface area (Å²) in [6.45, 7) is 8.80. The first-order valence-corrected chi connectivity index (χ1v) is 4.53. The second-order valence-electron chi connectivity index (χ2n) is 3.41. The normalized spacial score (nSPS) is 29.3. The van der Waals surface area contributed by atoms with Gasteiger partial charge in [0.1, 0.15) is 5.84 Å². The molecular weight excluding hydrogens is 150 g/mol. The van der Waals surface area contributed by atoms with Crippen molar-refractivity contribution in [1.29, 1.82) is 0 Å². The molecule has 1 rings (SSSR count). The Hall–Kier alpha value is -0.860. The molecule has 3 heteroatoms. The molecule has 0 aromatic rings. The summed E-state index contributed by atoms with van der Waals surface area (Å²) < 4.78 is 0. The van der Waals surface area contributed by atoms with Gasteiger partial charge in [-0.1, -0.05) is 20.3 Å². The van der Waals surface area contributed by atoms with Crippen molar-refractivity contribution < 1.29 is 0 Å². The predicted molar refractivity (Wildman–Crippen MR) is 52.5 cm³/mol. The van der Waals surface area contributed by atoms with Crippen molar-refractivity contribution >= 4 is 12.6 Å². The van der Waals surface area contributed by atoms with Crippen molar-refractivity contribution in [2.75, 3.05) is 6.54 Å². The van der Waals surface area contributed by atoms with Crippen LogP contribution in [-0.2, 0) is 0 Å². The van der Waals surface area contributed by atoms with Crippen molar-refractivity contribution in [2.45, 2.75) is 26.7 Å². The second-order valence-corrected chi connectivity index (χ2v) is 3.41. The van der Waals surface area contributed by atoms with Gasteiger partial charge in [-0.25, -0.2) is 0 Å². The van der Waals surface area contributed by atoms with Gasteiger partial charge in [-0.2, -0.15) is 5.10 Å². The number of hydrogen-bond acceptors (Lipinski definition) is 3. The zero-order valence-electron chi connectivity index (χ0n) is 7.88. The quantitative estimate of drug-likeness (QED) is 0.493. The molecule has 0 saturated carbocycles. The van der Waals surface area contributed by atoms with Gasteiger partial charge in [-0.15, -0.1) is 0 Å². The Labute approximate surface area is 74.0 Å². The number of hydrazone groups is 1. The van der Waals surface area contributed by atoms with Crippen LogP contribution < -0.4 is 5.43 Å². The van der Waals surface area contributed by atoms with Crippen LogP contribution in [0.4, 0.5) is 0 Å². The summed E-state index contributed by atoms with van der Waals surface area (Å²) in [7, 11) is 0. The van der Waals surface area contributed by atoms with Crippen LogP contribution in [0.25, 0.3) is 0 Å². The van der Waals surface area contributed by atoms with Gasteiger partial charge in [0, 0.05) is 19.7 Å². The van der Waals surface area contributed by atoms with Crippen molar-refractivity contribution in [3.05, 3.63) is 0 Å². The first-order valence-electron chi connectivity index (χ1n) is 4.53. The molecule has 1 unspecified atom stereocenters. The topological polar surface area (TPSA) is 36.8 Å². The first kappa shape index (κ1) is 9.23. The van der Waals surface area contributed by atoms with Crippen LogP contribution >= 0.6 is 0 Å². The highest BCUT2D eigenvalue weighted by Gasteiger charge is 2.21. The second kappa shape index (κ2) is 4.24. The Morgan fingerprint density at radius 1 is 1.75 bits per heavy atom. The molecule has 0 aliphatic carbocycles. The van der Waals surface area contributed by atoms with Crippen LogP contribution in [0.2, 0.25) is 0 Å². The summed E-state index contributed by atoms with van der Waals surface area (Å²) in [5.74, 6) is 2.46. The zero-order chi connectivity index (χ0) is 8.97. The lowest BCUT2D eigenvalue weighted by atomic mass is 9.86. The van der Waals surface area contributed by atoms with E-state index in [4.69, 9.17) is 0 Å². The van der Waals surface area contributed by atoms with E-state index < -0.39 is 0 Å². The SMILES string of the molecule is C=NNC1=NC[C@@H](C)C(CC)C1. The third kappa shape index (κ3) is 2.06. The molecule has 1 aliphatic heterocycles. The fourth-order valence-corrected chi connectivity index (χ4v) is 1.64. The highest BCUT2D eigenvalue weighted by Crippen LogP contribution is 2.23. The van der Waals surface area contributed by atoms with Crippen LogP contribution in [0.1, 0.15) is 26.7 Å². The maximum absolute atomic E-state index is 4.37. The average molecular weight is 167 g/mol. The minimum atomic E-state index is 0.713. The summed E-state index contributed by atoms with van der Waals surface area (Å²) in [5, 5.41) is 3.62. The Bertz CT molecular complexity index is 186. The fourth-order valence-electron chi connectivity index (χ4n) is 1.64. The summed E-state index contributed by atoms with van der Waals surface area (Å²) >= 11 is 0. The van der Waals surface area contributed by atoms with E-state index in [1.54, 1.807) is 0 Å². The average Bonchev–Trinajstić information content (AvgIpc) is 2.09. The van der Waals surface area contributed by atoms with E-state index >= 15 is 0 Å². The van der Waals surface area contributed by atoms with E-state index in [-0.39, 0.29) is 0 Å². The molecule has 2 atom stereocenters. The van der Waals surface area contributed by atoms with Crippen molar-refractivity contribution in [2.24, 2.45) is 21.9 Å². The van der Waals surface area contributed by atoms with Gasteiger partial charge in [-0.05, 0) is 11.8 Å². The molecule has 1 aliphatic rings. The van der Waals surface area contributed by atoms with Crippen molar-refractivity contribution in [3.8, 4) is 0 Å². The molecule has 12 heavy (non-hydrogen) atoms. The number of rotatable bonds is 2. The third-order valence-corrected chi connectivity index (χ3v) is 2.56. The summed E-state index contributed by atoms with van der Waals surface area (Å²) in [6.07, 6.45) is 2.25. The van der Waals surface area contributed by atoms with Crippen molar-refractivity contribution in [1.82, 2.24) is 5.43 Å². The predicted octanol–water partition coefficient (Wildman–Crippen LogP) is 1.66. The van der Waals surface area contributed by atoms with E-state index in [2.05, 4.69) is 36.1 Å². The molecule has 3 nitrogen and oxygen atoms in total. The van der Waals surface area contributed by atoms with E-state index in [0.717, 1.165) is 24.7 Å². The van der Waals surface area contributed by atoms with E-state index in [1.807, 2.05) is 0 Å². The lowest BCUT2D eigenvalue weighted by molar-refractivity contribution is 0.348. The highest BCUT2D eigenvalue weighted by molar-refractivity contribution is 5.82. The maximum atomic E-state index is 4.37.